The number of nitrogens with zero attached hydrogens (tertiary/aromatic N) is 1. The van der Waals surface area contributed by atoms with Gasteiger partial charge in [-0.2, -0.15) is 0 Å². The van der Waals surface area contributed by atoms with Crippen LogP contribution in [0.5, 0.6) is 0 Å². The monoisotopic (exact) mass is 209 g/mol. The highest BCUT2D eigenvalue weighted by Crippen LogP contribution is 2.19. The average Bonchev–Trinajstić information content (AvgIpc) is 2.51. The van der Waals surface area contributed by atoms with Gasteiger partial charge in [-0.3, -0.25) is 9.59 Å². The number of carboxylic acids is 1. The Balaban J connectivity index is 2.95. The number of hydrogen-bond donors (Lipinski definition) is 1. The summed E-state index contributed by atoms with van der Waals surface area (Å²) in [5.41, 5.74) is -0.326. The normalized spacial score (nSPS) is 11.4. The zero-order valence-corrected chi connectivity index (χ0v) is 9.15. The minimum absolute atomic E-state index is 0.0545. The molecule has 0 aliphatic carbocycles. The van der Waals surface area contributed by atoms with E-state index in [1.807, 2.05) is 0 Å². The van der Waals surface area contributed by atoms with Gasteiger partial charge in [0.15, 0.2) is 5.78 Å². The summed E-state index contributed by atoms with van der Waals surface area (Å²) in [6.45, 7) is 5.04. The molecule has 1 aromatic heterocycles. The number of carbonyl (C=O) groups excluding carboxylic acids is 1. The van der Waals surface area contributed by atoms with E-state index >= 15 is 0 Å². The van der Waals surface area contributed by atoms with Gasteiger partial charge in [-0.05, 0) is 26.0 Å². The third-order valence-corrected chi connectivity index (χ3v) is 2.33. The Morgan fingerprint density at radius 2 is 2.07 bits per heavy atom. The summed E-state index contributed by atoms with van der Waals surface area (Å²) in [4.78, 5) is 22.1. The van der Waals surface area contributed by atoms with Crippen LogP contribution in [-0.4, -0.2) is 21.4 Å². The van der Waals surface area contributed by atoms with Crippen LogP contribution >= 0.6 is 0 Å². The lowest BCUT2D eigenvalue weighted by Crippen LogP contribution is -2.29. The van der Waals surface area contributed by atoms with Gasteiger partial charge in [-0.1, -0.05) is 0 Å². The Hall–Kier alpha value is -1.58. The van der Waals surface area contributed by atoms with Crippen molar-refractivity contribution in [3.8, 4) is 0 Å². The molecule has 0 atom stereocenters. The molecule has 0 aliphatic rings. The molecule has 1 aromatic rings. The summed E-state index contributed by atoms with van der Waals surface area (Å²) in [5.74, 6) is -0.924. The molecule has 0 bridgehead atoms. The summed E-state index contributed by atoms with van der Waals surface area (Å²) < 4.78 is 1.68. The van der Waals surface area contributed by atoms with Crippen LogP contribution in [0.3, 0.4) is 0 Å². The molecule has 0 aliphatic heterocycles. The van der Waals surface area contributed by atoms with Crippen molar-refractivity contribution < 1.29 is 14.7 Å². The second-order valence-electron chi connectivity index (χ2n) is 4.27. The van der Waals surface area contributed by atoms with Crippen molar-refractivity contribution in [3.05, 3.63) is 24.0 Å². The Kier molecular flexibility index (Phi) is 2.98. The summed E-state index contributed by atoms with van der Waals surface area (Å²) in [6.07, 6.45) is 1.72. The molecule has 4 heteroatoms. The highest BCUT2D eigenvalue weighted by Gasteiger charge is 2.28. The summed E-state index contributed by atoms with van der Waals surface area (Å²) >= 11 is 0. The van der Waals surface area contributed by atoms with Crippen molar-refractivity contribution >= 4 is 11.8 Å². The molecule has 0 spiro atoms. The first-order valence-corrected chi connectivity index (χ1v) is 4.74. The van der Waals surface area contributed by atoms with E-state index in [4.69, 9.17) is 5.11 Å². The highest BCUT2D eigenvalue weighted by atomic mass is 16.4. The summed E-state index contributed by atoms with van der Waals surface area (Å²) in [7, 11) is 0. The van der Waals surface area contributed by atoms with Crippen LogP contribution in [0.15, 0.2) is 18.3 Å². The van der Waals surface area contributed by atoms with E-state index in [-0.39, 0.29) is 5.78 Å². The quantitative estimate of drug-likeness (QED) is 0.769. The van der Waals surface area contributed by atoms with Crippen molar-refractivity contribution in [2.75, 3.05) is 0 Å². The third-order valence-electron chi connectivity index (χ3n) is 2.33. The molecule has 0 saturated heterocycles. The largest absolute Gasteiger partial charge is 0.481 e. The van der Waals surface area contributed by atoms with Crippen molar-refractivity contribution in [1.29, 1.82) is 0 Å². The van der Waals surface area contributed by atoms with Gasteiger partial charge in [0.2, 0.25) is 0 Å². The maximum absolute atomic E-state index is 11.2. The fraction of sp³-hybridized carbons (Fsp3) is 0.455. The first-order valence-electron chi connectivity index (χ1n) is 4.74. The van der Waals surface area contributed by atoms with Gasteiger partial charge < -0.3 is 9.67 Å². The molecule has 1 rings (SSSR count). The zero-order valence-electron chi connectivity index (χ0n) is 9.15. The van der Waals surface area contributed by atoms with Crippen LogP contribution < -0.4 is 0 Å². The number of rotatable bonds is 4. The van der Waals surface area contributed by atoms with Gasteiger partial charge in [0.05, 0.1) is 11.1 Å². The van der Waals surface area contributed by atoms with E-state index in [9.17, 15) is 9.59 Å². The Morgan fingerprint density at radius 3 is 2.53 bits per heavy atom. The Labute approximate surface area is 88.5 Å². The highest BCUT2D eigenvalue weighted by molar-refractivity contribution is 5.92. The van der Waals surface area contributed by atoms with Gasteiger partial charge in [-0.25, -0.2) is 0 Å². The smallest absolute Gasteiger partial charge is 0.310 e. The predicted octanol–water partition coefficient (Wildman–Crippen LogP) is 1.80. The standard InChI is InChI=1S/C11H15NO3/c1-8(13)9-5-4-6-12(9)7-11(2,3)10(14)15/h4-6H,7H2,1-3H3,(H,14,15). The lowest BCUT2D eigenvalue weighted by atomic mass is 9.93. The maximum atomic E-state index is 11.2. The molecule has 1 N–H and O–H groups in total. The molecular formula is C11H15NO3. The lowest BCUT2D eigenvalue weighted by molar-refractivity contribution is -0.147. The van der Waals surface area contributed by atoms with Crippen LogP contribution in [0.25, 0.3) is 0 Å². The zero-order chi connectivity index (χ0) is 11.6. The number of Topliss-reactive ketones (excluding diaryl/α,β-unsaturated/α-hetero) is 1. The number of ketones is 1. The molecule has 15 heavy (non-hydrogen) atoms. The fourth-order valence-electron chi connectivity index (χ4n) is 1.37. The molecule has 4 nitrogen and oxygen atoms in total. The van der Waals surface area contributed by atoms with Gasteiger partial charge >= 0.3 is 5.97 Å². The van der Waals surface area contributed by atoms with Gasteiger partial charge in [0, 0.05) is 19.7 Å². The van der Waals surface area contributed by atoms with Crippen molar-refractivity contribution in [2.45, 2.75) is 27.3 Å². The molecule has 82 valence electrons. The average molecular weight is 209 g/mol. The molecule has 0 amide bonds. The maximum Gasteiger partial charge on any atom is 0.310 e. The molecule has 0 aromatic carbocycles. The first-order chi connectivity index (χ1) is 6.84. The van der Waals surface area contributed by atoms with E-state index in [0.717, 1.165) is 0 Å². The molecule has 0 radical (unpaired) electrons. The second kappa shape index (κ2) is 3.88. The number of hydrogen-bond acceptors (Lipinski definition) is 2. The van der Waals surface area contributed by atoms with Crippen LogP contribution in [0.1, 0.15) is 31.3 Å². The van der Waals surface area contributed by atoms with Crippen molar-refractivity contribution in [2.24, 2.45) is 5.41 Å². The summed E-state index contributed by atoms with van der Waals surface area (Å²) in [6, 6.07) is 3.44. The minimum Gasteiger partial charge on any atom is -0.481 e. The Bertz CT molecular complexity index is 390. The van der Waals surface area contributed by atoms with Crippen LogP contribution in [-0.2, 0) is 11.3 Å². The minimum atomic E-state index is -0.872. The van der Waals surface area contributed by atoms with Gasteiger partial charge in [0.1, 0.15) is 0 Å². The first kappa shape index (κ1) is 11.5. The number of aliphatic carboxylic acids is 1. The molecule has 1 heterocycles. The number of aromatic nitrogens is 1. The van der Waals surface area contributed by atoms with Crippen LogP contribution in [0, 0.1) is 5.41 Å². The van der Waals surface area contributed by atoms with E-state index < -0.39 is 11.4 Å². The van der Waals surface area contributed by atoms with E-state index in [1.165, 1.54) is 6.92 Å². The van der Waals surface area contributed by atoms with E-state index in [2.05, 4.69) is 0 Å². The molecule has 0 fully saturated rings. The van der Waals surface area contributed by atoms with Gasteiger partial charge in [-0.15, -0.1) is 0 Å². The topological polar surface area (TPSA) is 59.3 Å². The van der Waals surface area contributed by atoms with E-state index in [1.54, 1.807) is 36.7 Å². The number of carboxylic acid groups (broad SMARTS) is 1. The lowest BCUT2D eigenvalue weighted by Gasteiger charge is -2.20. The third kappa shape index (κ3) is 2.46. The second-order valence-corrected chi connectivity index (χ2v) is 4.27. The molecular weight excluding hydrogens is 194 g/mol. The van der Waals surface area contributed by atoms with Crippen LogP contribution in [0.4, 0.5) is 0 Å². The SMILES string of the molecule is CC(=O)c1cccn1CC(C)(C)C(=O)O. The van der Waals surface area contributed by atoms with E-state index in [0.29, 0.717) is 12.2 Å². The molecule has 0 unspecified atom stereocenters. The summed E-state index contributed by atoms with van der Waals surface area (Å²) in [5, 5.41) is 8.97. The van der Waals surface area contributed by atoms with Gasteiger partial charge in [0.25, 0.3) is 0 Å². The Morgan fingerprint density at radius 1 is 1.47 bits per heavy atom. The van der Waals surface area contributed by atoms with Crippen LogP contribution in [0.2, 0.25) is 0 Å². The van der Waals surface area contributed by atoms with Crippen molar-refractivity contribution in [1.82, 2.24) is 4.57 Å². The number of carbonyl (C=O) groups is 2. The van der Waals surface area contributed by atoms with Crippen molar-refractivity contribution in [3.63, 3.8) is 0 Å². The predicted molar refractivity (Wildman–Crippen MR) is 55.9 cm³/mol. The fourth-order valence-corrected chi connectivity index (χ4v) is 1.37. The molecule has 0 saturated carbocycles.